The second-order valence-corrected chi connectivity index (χ2v) is 9.56. The molecular weight excluding hydrogens is 378 g/mol. The van der Waals surface area contributed by atoms with Crippen molar-refractivity contribution >= 4 is 17.6 Å². The molecule has 2 atom stereocenters. The smallest absolute Gasteiger partial charge is 0.337 e. The van der Waals surface area contributed by atoms with Crippen LogP contribution in [-0.4, -0.2) is 24.1 Å². The topological polar surface area (TPSA) is 75.6 Å². The van der Waals surface area contributed by atoms with E-state index < -0.39 is 11.4 Å². The van der Waals surface area contributed by atoms with Gasteiger partial charge >= 0.3 is 5.97 Å². The van der Waals surface area contributed by atoms with Crippen LogP contribution in [0.2, 0.25) is 0 Å². The third-order valence-corrected chi connectivity index (χ3v) is 7.65. The van der Waals surface area contributed by atoms with Gasteiger partial charge in [0.2, 0.25) is 5.91 Å². The number of carboxylic acid groups (broad SMARTS) is 1. The number of rotatable bonds is 5. The lowest BCUT2D eigenvalue weighted by molar-refractivity contribution is -0.143. The van der Waals surface area contributed by atoms with Crippen molar-refractivity contribution in [2.75, 3.05) is 12.4 Å². The number of carbonyl (C=O) groups is 2. The average Bonchev–Trinajstić information content (AvgIpc) is 2.73. The van der Waals surface area contributed by atoms with Gasteiger partial charge in [-0.05, 0) is 85.6 Å². The molecule has 0 aliphatic heterocycles. The van der Waals surface area contributed by atoms with Crippen LogP contribution in [0.5, 0.6) is 5.75 Å². The first kappa shape index (κ1) is 19.2. The van der Waals surface area contributed by atoms with Crippen LogP contribution in [0, 0.1) is 17.3 Å². The molecule has 4 aliphatic carbocycles. The quantitative estimate of drug-likeness (QED) is 0.744. The van der Waals surface area contributed by atoms with Gasteiger partial charge < -0.3 is 15.2 Å². The molecule has 0 spiro atoms. The Morgan fingerprint density at radius 3 is 2.30 bits per heavy atom. The number of para-hydroxylation sites is 1. The lowest BCUT2D eigenvalue weighted by Crippen LogP contribution is -2.58. The van der Waals surface area contributed by atoms with Crippen molar-refractivity contribution in [2.45, 2.75) is 43.9 Å². The van der Waals surface area contributed by atoms with Crippen molar-refractivity contribution in [3.05, 3.63) is 59.7 Å². The Kier molecular flexibility index (Phi) is 4.38. The van der Waals surface area contributed by atoms with Crippen molar-refractivity contribution in [1.29, 1.82) is 0 Å². The van der Waals surface area contributed by atoms with Crippen LogP contribution in [-0.2, 0) is 10.2 Å². The number of methoxy groups -OCH3 is 1. The zero-order valence-corrected chi connectivity index (χ0v) is 17.2. The molecule has 2 aromatic carbocycles. The minimum absolute atomic E-state index is 0.0109. The standard InChI is InChI=1S/C25H27NO4/c1-30-19-8-6-18(7-9-19)24-11-16-10-17(12-24)14-25(13-16,15-24)23(29)26-21-5-3-2-4-20(21)22(27)28/h2-9,16-17H,10-15H2,1H3,(H,26,29)(H,27,28). The van der Waals surface area contributed by atoms with Crippen molar-refractivity contribution < 1.29 is 19.4 Å². The van der Waals surface area contributed by atoms with Crippen LogP contribution >= 0.6 is 0 Å². The van der Waals surface area contributed by atoms with Gasteiger partial charge in [0, 0.05) is 0 Å². The second kappa shape index (κ2) is 6.86. The predicted octanol–water partition coefficient (Wildman–Crippen LogP) is 4.87. The first-order valence-electron chi connectivity index (χ1n) is 10.7. The van der Waals surface area contributed by atoms with Gasteiger partial charge in [0.05, 0.1) is 23.8 Å². The first-order valence-corrected chi connectivity index (χ1v) is 10.7. The molecule has 6 rings (SSSR count). The van der Waals surface area contributed by atoms with Crippen LogP contribution in [0.3, 0.4) is 0 Å². The molecule has 0 saturated heterocycles. The van der Waals surface area contributed by atoms with Gasteiger partial charge in [-0.1, -0.05) is 24.3 Å². The third kappa shape index (κ3) is 2.99. The lowest BCUT2D eigenvalue weighted by Gasteiger charge is -2.61. The maximum atomic E-state index is 13.6. The summed E-state index contributed by atoms with van der Waals surface area (Å²) >= 11 is 0. The number of hydrogen-bond acceptors (Lipinski definition) is 3. The minimum Gasteiger partial charge on any atom is -0.497 e. The monoisotopic (exact) mass is 405 g/mol. The Morgan fingerprint density at radius 1 is 1.00 bits per heavy atom. The van der Waals surface area contributed by atoms with Gasteiger partial charge in [-0.2, -0.15) is 0 Å². The number of aromatic carboxylic acids is 1. The SMILES string of the molecule is COc1ccc(C23CC4CC(CC(C(=O)Nc5ccccc5C(=O)O)(C4)C2)C3)cc1. The Hall–Kier alpha value is -2.82. The number of carbonyl (C=O) groups excluding carboxylic acids is 1. The van der Waals surface area contributed by atoms with E-state index in [2.05, 4.69) is 17.4 Å². The summed E-state index contributed by atoms with van der Waals surface area (Å²) in [5, 5.41) is 12.5. The molecule has 0 heterocycles. The Bertz CT molecular complexity index is 982. The molecule has 2 aromatic rings. The van der Waals surface area contributed by atoms with Crippen molar-refractivity contribution in [1.82, 2.24) is 0 Å². The minimum atomic E-state index is -1.02. The van der Waals surface area contributed by atoms with E-state index in [1.807, 2.05) is 12.1 Å². The lowest BCUT2D eigenvalue weighted by atomic mass is 9.42. The van der Waals surface area contributed by atoms with Crippen LogP contribution < -0.4 is 10.1 Å². The van der Waals surface area contributed by atoms with E-state index in [-0.39, 0.29) is 16.9 Å². The highest BCUT2D eigenvalue weighted by molar-refractivity contribution is 6.02. The highest BCUT2D eigenvalue weighted by atomic mass is 16.5. The van der Waals surface area contributed by atoms with E-state index >= 15 is 0 Å². The van der Waals surface area contributed by atoms with E-state index in [4.69, 9.17) is 4.74 Å². The third-order valence-electron chi connectivity index (χ3n) is 7.65. The average molecular weight is 405 g/mol. The Morgan fingerprint density at radius 2 is 1.67 bits per heavy atom. The molecule has 2 N–H and O–H groups in total. The van der Waals surface area contributed by atoms with Crippen LogP contribution in [0.1, 0.15) is 54.4 Å². The largest absolute Gasteiger partial charge is 0.497 e. The molecule has 30 heavy (non-hydrogen) atoms. The van der Waals surface area contributed by atoms with E-state index in [9.17, 15) is 14.7 Å². The number of ether oxygens (including phenoxy) is 1. The Balaban J connectivity index is 1.47. The fourth-order valence-corrected chi connectivity index (χ4v) is 6.84. The summed E-state index contributed by atoms with van der Waals surface area (Å²) in [6.07, 6.45) is 6.12. The van der Waals surface area contributed by atoms with Gasteiger partial charge in [0.15, 0.2) is 0 Å². The zero-order chi connectivity index (χ0) is 20.9. The van der Waals surface area contributed by atoms with E-state index in [0.717, 1.165) is 37.9 Å². The summed E-state index contributed by atoms with van der Waals surface area (Å²) in [5.74, 6) is 0.915. The number of amides is 1. The van der Waals surface area contributed by atoms with Gasteiger partial charge in [-0.15, -0.1) is 0 Å². The molecule has 0 radical (unpaired) electrons. The van der Waals surface area contributed by atoms with Gasteiger partial charge in [0.1, 0.15) is 5.75 Å². The number of hydrogen-bond donors (Lipinski definition) is 2. The van der Waals surface area contributed by atoms with E-state index in [0.29, 0.717) is 17.5 Å². The van der Waals surface area contributed by atoms with Crippen molar-refractivity contribution in [2.24, 2.45) is 17.3 Å². The summed E-state index contributed by atoms with van der Waals surface area (Å²) in [6.45, 7) is 0. The Labute approximate surface area is 176 Å². The van der Waals surface area contributed by atoms with Crippen molar-refractivity contribution in [3.8, 4) is 5.75 Å². The maximum Gasteiger partial charge on any atom is 0.337 e. The number of carboxylic acids is 1. The molecule has 4 saturated carbocycles. The van der Waals surface area contributed by atoms with Crippen molar-refractivity contribution in [3.63, 3.8) is 0 Å². The molecule has 4 aliphatic rings. The molecular formula is C25H27NO4. The maximum absolute atomic E-state index is 13.6. The summed E-state index contributed by atoms with van der Waals surface area (Å²) in [4.78, 5) is 25.2. The van der Waals surface area contributed by atoms with Crippen LogP contribution in [0.4, 0.5) is 5.69 Å². The molecule has 4 bridgehead atoms. The highest BCUT2D eigenvalue weighted by Gasteiger charge is 2.61. The summed E-state index contributed by atoms with van der Waals surface area (Å²) in [5.41, 5.74) is 1.44. The fourth-order valence-electron chi connectivity index (χ4n) is 6.84. The summed E-state index contributed by atoms with van der Waals surface area (Å²) < 4.78 is 5.33. The number of benzene rings is 2. The molecule has 5 nitrogen and oxygen atoms in total. The van der Waals surface area contributed by atoms with E-state index in [1.165, 1.54) is 18.1 Å². The van der Waals surface area contributed by atoms with Crippen LogP contribution in [0.25, 0.3) is 0 Å². The fraction of sp³-hybridized carbons (Fsp3) is 0.440. The first-order chi connectivity index (χ1) is 14.4. The molecule has 5 heteroatoms. The normalized spacial score (nSPS) is 31.4. The zero-order valence-electron chi connectivity index (χ0n) is 17.2. The molecule has 4 fully saturated rings. The summed E-state index contributed by atoms with van der Waals surface area (Å²) in [7, 11) is 1.67. The van der Waals surface area contributed by atoms with Crippen LogP contribution in [0.15, 0.2) is 48.5 Å². The number of anilines is 1. The van der Waals surface area contributed by atoms with Gasteiger partial charge in [-0.3, -0.25) is 4.79 Å². The van der Waals surface area contributed by atoms with Gasteiger partial charge in [-0.25, -0.2) is 4.79 Å². The highest BCUT2D eigenvalue weighted by Crippen LogP contribution is 2.66. The molecule has 1 amide bonds. The molecule has 156 valence electrons. The second-order valence-electron chi connectivity index (χ2n) is 9.56. The number of nitrogens with one attached hydrogen (secondary N) is 1. The van der Waals surface area contributed by atoms with Gasteiger partial charge in [0.25, 0.3) is 0 Å². The molecule has 0 aromatic heterocycles. The van der Waals surface area contributed by atoms with E-state index in [1.54, 1.807) is 25.3 Å². The predicted molar refractivity (Wildman–Crippen MR) is 114 cm³/mol. The molecule has 2 unspecified atom stereocenters. The summed E-state index contributed by atoms with van der Waals surface area (Å²) in [6, 6.07) is 15.0.